The summed E-state index contributed by atoms with van der Waals surface area (Å²) in [7, 11) is 0. The normalized spacial score (nSPS) is 15.6. The fraction of sp³-hybridized carbons (Fsp3) is 0.381. The summed E-state index contributed by atoms with van der Waals surface area (Å²) in [6, 6.07) is 14.5. The van der Waals surface area contributed by atoms with Crippen molar-refractivity contribution in [3.63, 3.8) is 0 Å². The van der Waals surface area contributed by atoms with E-state index in [0.717, 1.165) is 43.6 Å². The molecule has 138 valence electrons. The number of benzene rings is 2. The molecular weight excluding hydrogens is 331 g/mol. The maximum Gasteiger partial charge on any atom is 0.258 e. The van der Waals surface area contributed by atoms with Crippen molar-refractivity contribution in [3.8, 4) is 5.75 Å². The van der Waals surface area contributed by atoms with Crippen molar-refractivity contribution in [3.05, 3.63) is 65.5 Å². The Balaban J connectivity index is 1.38. The highest BCUT2D eigenvalue weighted by Gasteiger charge is 2.20. The third kappa shape index (κ3) is 5.56. The van der Waals surface area contributed by atoms with Crippen LogP contribution in [0.5, 0.6) is 5.75 Å². The van der Waals surface area contributed by atoms with E-state index in [0.29, 0.717) is 5.75 Å². The number of rotatable bonds is 6. The average Bonchev–Trinajstić information content (AvgIpc) is 2.64. The second-order valence-electron chi connectivity index (χ2n) is 6.85. The van der Waals surface area contributed by atoms with Gasteiger partial charge in [-0.15, -0.1) is 0 Å². The van der Waals surface area contributed by atoms with Gasteiger partial charge in [-0.2, -0.15) is 0 Å². The van der Waals surface area contributed by atoms with Gasteiger partial charge in [0.2, 0.25) is 0 Å². The molecule has 1 saturated heterocycles. The minimum Gasteiger partial charge on any atom is -0.484 e. The number of halogens is 1. The van der Waals surface area contributed by atoms with E-state index in [9.17, 15) is 9.18 Å². The first-order chi connectivity index (χ1) is 12.6. The molecular formula is C21H25FN2O2. The predicted molar refractivity (Wildman–Crippen MR) is 99.5 cm³/mol. The highest BCUT2D eigenvalue weighted by atomic mass is 19.1. The van der Waals surface area contributed by atoms with Gasteiger partial charge in [0, 0.05) is 25.7 Å². The van der Waals surface area contributed by atoms with Gasteiger partial charge in [-0.1, -0.05) is 24.3 Å². The van der Waals surface area contributed by atoms with Gasteiger partial charge in [0.25, 0.3) is 5.91 Å². The lowest BCUT2D eigenvalue weighted by molar-refractivity contribution is -0.124. The van der Waals surface area contributed by atoms with E-state index in [2.05, 4.69) is 10.2 Å². The fourth-order valence-electron chi connectivity index (χ4n) is 3.21. The summed E-state index contributed by atoms with van der Waals surface area (Å²) >= 11 is 0. The largest absolute Gasteiger partial charge is 0.484 e. The first-order valence-corrected chi connectivity index (χ1v) is 9.04. The average molecular weight is 356 g/mol. The fourth-order valence-corrected chi connectivity index (χ4v) is 3.21. The van der Waals surface area contributed by atoms with E-state index in [1.807, 2.05) is 43.3 Å². The van der Waals surface area contributed by atoms with Crippen LogP contribution in [0.2, 0.25) is 0 Å². The molecule has 1 aliphatic heterocycles. The van der Waals surface area contributed by atoms with Crippen molar-refractivity contribution < 1.29 is 13.9 Å². The van der Waals surface area contributed by atoms with Gasteiger partial charge in [-0.25, -0.2) is 4.39 Å². The number of carbonyl (C=O) groups excluding carboxylic acids is 1. The van der Waals surface area contributed by atoms with Crippen LogP contribution in [0.1, 0.15) is 24.0 Å². The summed E-state index contributed by atoms with van der Waals surface area (Å²) in [4.78, 5) is 14.4. The number of hydrogen-bond acceptors (Lipinski definition) is 3. The van der Waals surface area contributed by atoms with Crippen LogP contribution >= 0.6 is 0 Å². The predicted octanol–water partition coefficient (Wildman–Crippen LogP) is 3.29. The van der Waals surface area contributed by atoms with Gasteiger partial charge >= 0.3 is 0 Å². The lowest BCUT2D eigenvalue weighted by Gasteiger charge is -2.32. The summed E-state index contributed by atoms with van der Waals surface area (Å²) in [5.74, 6) is 0.431. The molecule has 5 heteroatoms. The Morgan fingerprint density at radius 2 is 1.92 bits per heavy atom. The quantitative estimate of drug-likeness (QED) is 0.864. The van der Waals surface area contributed by atoms with Gasteiger partial charge in [0.1, 0.15) is 11.6 Å². The standard InChI is InChI=1S/C21H25FN2O2/c1-16-3-2-4-20(13-16)26-15-21(25)23-19-9-11-24(12-10-19)14-17-5-7-18(22)8-6-17/h2-8,13,19H,9-12,14-15H2,1H3,(H,23,25). The molecule has 0 radical (unpaired) electrons. The van der Waals surface area contributed by atoms with E-state index >= 15 is 0 Å². The molecule has 4 nitrogen and oxygen atoms in total. The second-order valence-corrected chi connectivity index (χ2v) is 6.85. The first kappa shape index (κ1) is 18.4. The number of nitrogens with zero attached hydrogens (tertiary/aromatic N) is 1. The minimum atomic E-state index is -0.206. The van der Waals surface area contributed by atoms with E-state index in [-0.39, 0.29) is 24.4 Å². The Morgan fingerprint density at radius 1 is 1.19 bits per heavy atom. The Morgan fingerprint density at radius 3 is 2.62 bits per heavy atom. The van der Waals surface area contributed by atoms with Crippen LogP contribution in [0.15, 0.2) is 48.5 Å². The van der Waals surface area contributed by atoms with Crippen LogP contribution < -0.4 is 10.1 Å². The van der Waals surface area contributed by atoms with Crippen LogP contribution in [-0.2, 0) is 11.3 Å². The number of piperidine rings is 1. The SMILES string of the molecule is Cc1cccc(OCC(=O)NC2CCN(Cc3ccc(F)cc3)CC2)c1. The molecule has 0 atom stereocenters. The molecule has 1 heterocycles. The van der Waals surface area contributed by atoms with Crippen LogP contribution in [0.3, 0.4) is 0 Å². The highest BCUT2D eigenvalue weighted by Crippen LogP contribution is 2.15. The third-order valence-corrected chi connectivity index (χ3v) is 4.63. The smallest absolute Gasteiger partial charge is 0.258 e. The molecule has 1 amide bonds. The number of aryl methyl sites for hydroxylation is 1. The summed E-state index contributed by atoms with van der Waals surface area (Å²) in [5, 5.41) is 3.06. The van der Waals surface area contributed by atoms with Gasteiger partial charge in [0.05, 0.1) is 0 Å². The van der Waals surface area contributed by atoms with Crippen molar-refractivity contribution in [2.45, 2.75) is 32.4 Å². The zero-order valence-corrected chi connectivity index (χ0v) is 15.1. The topological polar surface area (TPSA) is 41.6 Å². The molecule has 0 unspecified atom stereocenters. The summed E-state index contributed by atoms with van der Waals surface area (Å²) < 4.78 is 18.5. The third-order valence-electron chi connectivity index (χ3n) is 4.63. The van der Waals surface area contributed by atoms with Crippen molar-refractivity contribution >= 4 is 5.91 Å². The van der Waals surface area contributed by atoms with E-state index in [1.54, 1.807) is 0 Å². The zero-order chi connectivity index (χ0) is 18.4. The van der Waals surface area contributed by atoms with E-state index in [1.165, 1.54) is 12.1 Å². The Labute approximate surface area is 154 Å². The van der Waals surface area contributed by atoms with Gasteiger partial charge < -0.3 is 10.1 Å². The first-order valence-electron chi connectivity index (χ1n) is 9.04. The molecule has 2 aromatic carbocycles. The Hall–Kier alpha value is -2.40. The molecule has 1 N–H and O–H groups in total. The van der Waals surface area contributed by atoms with Gasteiger partial charge in [0.15, 0.2) is 6.61 Å². The van der Waals surface area contributed by atoms with Gasteiger partial charge in [-0.05, 0) is 55.2 Å². The van der Waals surface area contributed by atoms with Crippen LogP contribution in [0.4, 0.5) is 4.39 Å². The summed E-state index contributed by atoms with van der Waals surface area (Å²) in [5.41, 5.74) is 2.22. The van der Waals surface area contributed by atoms with E-state index < -0.39 is 0 Å². The highest BCUT2D eigenvalue weighted by molar-refractivity contribution is 5.77. The van der Waals surface area contributed by atoms with Crippen molar-refractivity contribution in [2.24, 2.45) is 0 Å². The molecule has 0 aliphatic carbocycles. The lowest BCUT2D eigenvalue weighted by atomic mass is 10.0. The summed E-state index contributed by atoms with van der Waals surface area (Å²) in [6.45, 7) is 4.69. The maximum absolute atomic E-state index is 13.0. The van der Waals surface area contributed by atoms with Crippen molar-refractivity contribution in [1.29, 1.82) is 0 Å². The number of hydrogen-bond donors (Lipinski definition) is 1. The molecule has 0 bridgehead atoms. The summed E-state index contributed by atoms with van der Waals surface area (Å²) in [6.07, 6.45) is 1.83. The van der Waals surface area contributed by atoms with Crippen LogP contribution in [0.25, 0.3) is 0 Å². The molecule has 0 saturated carbocycles. The number of nitrogens with one attached hydrogen (secondary N) is 1. The number of likely N-dealkylation sites (tertiary alicyclic amines) is 1. The Bertz CT molecular complexity index is 725. The number of carbonyl (C=O) groups is 1. The van der Waals surface area contributed by atoms with Gasteiger partial charge in [-0.3, -0.25) is 9.69 Å². The molecule has 2 aromatic rings. The lowest BCUT2D eigenvalue weighted by Crippen LogP contribution is -2.45. The molecule has 0 aromatic heterocycles. The Kier molecular flexibility index (Phi) is 6.23. The molecule has 3 rings (SSSR count). The minimum absolute atomic E-state index is 0.0409. The molecule has 1 fully saturated rings. The molecule has 26 heavy (non-hydrogen) atoms. The van der Waals surface area contributed by atoms with Crippen LogP contribution in [-0.4, -0.2) is 36.5 Å². The van der Waals surface area contributed by atoms with Crippen LogP contribution in [0, 0.1) is 12.7 Å². The zero-order valence-electron chi connectivity index (χ0n) is 15.1. The number of amides is 1. The van der Waals surface area contributed by atoms with Crippen molar-refractivity contribution in [2.75, 3.05) is 19.7 Å². The second kappa shape index (κ2) is 8.81. The van der Waals surface area contributed by atoms with E-state index in [4.69, 9.17) is 4.74 Å². The molecule has 1 aliphatic rings. The molecule has 0 spiro atoms. The van der Waals surface area contributed by atoms with Crippen molar-refractivity contribution in [1.82, 2.24) is 10.2 Å². The monoisotopic (exact) mass is 356 g/mol. The maximum atomic E-state index is 13.0. The number of ether oxygens (including phenoxy) is 1.